The third kappa shape index (κ3) is 1.89. The Morgan fingerprint density at radius 3 is 2.38 bits per heavy atom. The molecule has 0 aliphatic heterocycles. The molecule has 0 radical (unpaired) electrons. The summed E-state index contributed by atoms with van der Waals surface area (Å²) in [4.78, 5) is 0. The highest BCUT2D eigenvalue weighted by atomic mass is 19.1. The maximum absolute atomic E-state index is 13.2. The zero-order valence-corrected chi connectivity index (χ0v) is 8.67. The summed E-state index contributed by atoms with van der Waals surface area (Å²) in [5, 5.41) is 9.07. The van der Waals surface area contributed by atoms with Gasteiger partial charge in [-0.3, -0.25) is 0 Å². The number of hydrogen-bond acceptors (Lipinski definition) is 1. The zero-order valence-electron chi connectivity index (χ0n) is 8.67. The molecule has 0 atom stereocenters. The first-order chi connectivity index (χ1) is 7.58. The van der Waals surface area contributed by atoms with E-state index in [4.69, 9.17) is 5.11 Å². The van der Waals surface area contributed by atoms with E-state index in [1.807, 2.05) is 0 Å². The quantitative estimate of drug-likeness (QED) is 0.777. The molecule has 3 heteroatoms. The van der Waals surface area contributed by atoms with Gasteiger partial charge in [0, 0.05) is 0 Å². The molecular weight excluding hydrogens is 210 g/mol. The van der Waals surface area contributed by atoms with Crippen molar-refractivity contribution in [3.8, 4) is 16.9 Å². The van der Waals surface area contributed by atoms with Crippen LogP contribution in [0.15, 0.2) is 36.4 Å². The molecule has 0 saturated carbocycles. The van der Waals surface area contributed by atoms with Crippen LogP contribution in [0.2, 0.25) is 0 Å². The lowest BCUT2D eigenvalue weighted by Gasteiger charge is -2.06. The molecule has 1 nitrogen and oxygen atoms in total. The molecule has 2 aromatic carbocycles. The number of halogens is 2. The maximum Gasteiger partial charge on any atom is 0.165 e. The number of phenols is 1. The fourth-order valence-corrected chi connectivity index (χ4v) is 1.63. The molecular formula is C13H10F2O. The lowest BCUT2D eigenvalue weighted by molar-refractivity contribution is 0.432. The molecule has 0 spiro atoms. The lowest BCUT2D eigenvalue weighted by atomic mass is 10.0. The number of benzene rings is 2. The van der Waals surface area contributed by atoms with Gasteiger partial charge in [0.05, 0.1) is 0 Å². The summed E-state index contributed by atoms with van der Waals surface area (Å²) in [6.45, 7) is 1.75. The van der Waals surface area contributed by atoms with Gasteiger partial charge in [0.25, 0.3) is 0 Å². The predicted molar refractivity (Wildman–Crippen MR) is 58.2 cm³/mol. The molecule has 0 aromatic heterocycles. The van der Waals surface area contributed by atoms with E-state index in [-0.39, 0.29) is 11.6 Å². The number of rotatable bonds is 1. The summed E-state index contributed by atoms with van der Waals surface area (Å²) in [5.41, 5.74) is 2.10. The van der Waals surface area contributed by atoms with Crippen molar-refractivity contribution in [1.82, 2.24) is 0 Å². The van der Waals surface area contributed by atoms with E-state index in [1.54, 1.807) is 19.1 Å². The molecule has 0 bridgehead atoms. The van der Waals surface area contributed by atoms with Crippen molar-refractivity contribution in [2.45, 2.75) is 6.92 Å². The van der Waals surface area contributed by atoms with Crippen LogP contribution in [0.4, 0.5) is 8.78 Å². The Kier molecular flexibility index (Phi) is 2.60. The molecule has 82 valence electrons. The average molecular weight is 220 g/mol. The Hall–Kier alpha value is -1.90. The summed E-state index contributed by atoms with van der Waals surface area (Å²) in [5.74, 6) is -1.38. The third-order valence-electron chi connectivity index (χ3n) is 2.45. The Morgan fingerprint density at radius 1 is 1.00 bits per heavy atom. The molecule has 1 N–H and O–H groups in total. The van der Waals surface area contributed by atoms with Crippen molar-refractivity contribution >= 4 is 0 Å². The van der Waals surface area contributed by atoms with E-state index in [0.717, 1.165) is 11.1 Å². The third-order valence-corrected chi connectivity index (χ3v) is 2.45. The molecule has 0 aliphatic rings. The van der Waals surface area contributed by atoms with E-state index in [0.29, 0.717) is 5.56 Å². The topological polar surface area (TPSA) is 20.2 Å². The lowest BCUT2D eigenvalue weighted by Crippen LogP contribution is -1.86. The van der Waals surface area contributed by atoms with Crippen molar-refractivity contribution in [2.75, 3.05) is 0 Å². The largest absolute Gasteiger partial charge is 0.505 e. The normalized spacial score (nSPS) is 10.4. The van der Waals surface area contributed by atoms with Gasteiger partial charge in [0.1, 0.15) is 5.82 Å². The van der Waals surface area contributed by atoms with Crippen LogP contribution in [0.25, 0.3) is 11.1 Å². The number of phenolic OH excluding ortho intramolecular Hbond substituents is 1. The van der Waals surface area contributed by atoms with Crippen molar-refractivity contribution in [2.24, 2.45) is 0 Å². The summed E-state index contributed by atoms with van der Waals surface area (Å²) in [7, 11) is 0. The van der Waals surface area contributed by atoms with Gasteiger partial charge >= 0.3 is 0 Å². The van der Waals surface area contributed by atoms with E-state index in [1.165, 1.54) is 24.3 Å². The maximum atomic E-state index is 13.2. The van der Waals surface area contributed by atoms with Crippen molar-refractivity contribution in [3.63, 3.8) is 0 Å². The minimum absolute atomic E-state index is 0.319. The molecule has 0 saturated heterocycles. The first-order valence-electron chi connectivity index (χ1n) is 4.83. The summed E-state index contributed by atoms with van der Waals surface area (Å²) in [6.07, 6.45) is 0. The smallest absolute Gasteiger partial charge is 0.165 e. The second-order valence-electron chi connectivity index (χ2n) is 3.63. The Morgan fingerprint density at radius 2 is 1.75 bits per heavy atom. The van der Waals surface area contributed by atoms with Gasteiger partial charge in [-0.2, -0.15) is 0 Å². The van der Waals surface area contributed by atoms with Crippen LogP contribution in [0.5, 0.6) is 5.75 Å². The molecule has 0 fully saturated rings. The fourth-order valence-electron chi connectivity index (χ4n) is 1.63. The number of hydrogen-bond donors (Lipinski definition) is 1. The first kappa shape index (κ1) is 10.6. The highest BCUT2D eigenvalue weighted by Crippen LogP contribution is 2.27. The van der Waals surface area contributed by atoms with Crippen LogP contribution in [0.1, 0.15) is 5.56 Å². The Bertz CT molecular complexity index is 535. The Labute approximate surface area is 92.0 Å². The zero-order chi connectivity index (χ0) is 11.7. The Balaban J connectivity index is 2.54. The molecule has 16 heavy (non-hydrogen) atoms. The number of aromatic hydroxyl groups is 1. The first-order valence-corrected chi connectivity index (χ1v) is 4.83. The molecule has 0 unspecified atom stereocenters. The van der Waals surface area contributed by atoms with Gasteiger partial charge in [-0.05, 0) is 47.9 Å². The second kappa shape index (κ2) is 3.93. The molecule has 0 aliphatic carbocycles. The molecule has 2 rings (SSSR count). The molecule has 2 aromatic rings. The van der Waals surface area contributed by atoms with Crippen LogP contribution in [-0.4, -0.2) is 5.11 Å². The predicted octanol–water partition coefficient (Wildman–Crippen LogP) is 3.65. The second-order valence-corrected chi connectivity index (χ2v) is 3.63. The van der Waals surface area contributed by atoms with Crippen LogP contribution >= 0.6 is 0 Å². The van der Waals surface area contributed by atoms with E-state index in [2.05, 4.69) is 0 Å². The average Bonchev–Trinajstić information content (AvgIpc) is 2.22. The monoisotopic (exact) mass is 220 g/mol. The van der Waals surface area contributed by atoms with Crippen LogP contribution < -0.4 is 0 Å². The van der Waals surface area contributed by atoms with E-state index >= 15 is 0 Å². The van der Waals surface area contributed by atoms with Crippen LogP contribution in [-0.2, 0) is 0 Å². The highest BCUT2D eigenvalue weighted by molar-refractivity contribution is 5.67. The highest BCUT2D eigenvalue weighted by Gasteiger charge is 2.06. The molecule has 0 amide bonds. The van der Waals surface area contributed by atoms with Gasteiger partial charge in [0.2, 0.25) is 0 Å². The van der Waals surface area contributed by atoms with Gasteiger partial charge in [-0.25, -0.2) is 8.78 Å². The van der Waals surface area contributed by atoms with Crippen molar-refractivity contribution in [1.29, 1.82) is 0 Å². The van der Waals surface area contributed by atoms with E-state index < -0.39 is 5.82 Å². The summed E-state index contributed by atoms with van der Waals surface area (Å²) < 4.78 is 26.0. The standard InChI is InChI=1S/C13H10F2O/c1-8-6-10(14)3-4-11(8)9-2-5-13(16)12(15)7-9/h2-7,16H,1H3. The summed E-state index contributed by atoms with van der Waals surface area (Å²) >= 11 is 0. The van der Waals surface area contributed by atoms with Crippen molar-refractivity contribution < 1.29 is 13.9 Å². The number of aryl methyl sites for hydroxylation is 1. The minimum atomic E-state index is -0.679. The van der Waals surface area contributed by atoms with Gasteiger partial charge in [0.15, 0.2) is 11.6 Å². The summed E-state index contributed by atoms with van der Waals surface area (Å²) in [6, 6.07) is 8.42. The van der Waals surface area contributed by atoms with Crippen LogP contribution in [0, 0.1) is 18.6 Å². The van der Waals surface area contributed by atoms with Crippen LogP contribution in [0.3, 0.4) is 0 Å². The SMILES string of the molecule is Cc1cc(F)ccc1-c1ccc(O)c(F)c1. The fraction of sp³-hybridized carbons (Fsp3) is 0.0769. The van der Waals surface area contributed by atoms with Gasteiger partial charge in [-0.1, -0.05) is 12.1 Å². The van der Waals surface area contributed by atoms with Gasteiger partial charge in [-0.15, -0.1) is 0 Å². The van der Waals surface area contributed by atoms with Crippen molar-refractivity contribution in [3.05, 3.63) is 53.6 Å². The minimum Gasteiger partial charge on any atom is -0.505 e. The van der Waals surface area contributed by atoms with Gasteiger partial charge < -0.3 is 5.11 Å². The molecule has 0 heterocycles. The van der Waals surface area contributed by atoms with E-state index in [9.17, 15) is 8.78 Å².